The summed E-state index contributed by atoms with van der Waals surface area (Å²) in [7, 11) is -3.35. The molecular weight excluding hydrogens is 317 g/mol. The lowest BCUT2D eigenvalue weighted by atomic mass is 9.90. The number of rotatable bonds is 5. The summed E-state index contributed by atoms with van der Waals surface area (Å²) >= 11 is 11.8. The van der Waals surface area contributed by atoms with Gasteiger partial charge in [0, 0.05) is 16.6 Å². The van der Waals surface area contributed by atoms with Crippen LogP contribution in [0.2, 0.25) is 10.0 Å². The molecular formula is C14H19Cl2NO2S. The molecule has 0 unspecified atom stereocenters. The Bertz CT molecular complexity index is 554. The summed E-state index contributed by atoms with van der Waals surface area (Å²) in [6.07, 6.45) is 5.91. The molecule has 1 aromatic rings. The van der Waals surface area contributed by atoms with E-state index < -0.39 is 10.0 Å². The zero-order chi connectivity index (χ0) is 14.6. The fourth-order valence-corrected chi connectivity index (χ4v) is 4.34. The van der Waals surface area contributed by atoms with E-state index in [1.165, 1.54) is 19.3 Å². The number of hydrogen-bond acceptors (Lipinski definition) is 2. The number of hydrogen-bond donors (Lipinski definition) is 1. The van der Waals surface area contributed by atoms with Gasteiger partial charge in [-0.25, -0.2) is 13.1 Å². The van der Waals surface area contributed by atoms with E-state index in [4.69, 9.17) is 23.2 Å². The maximum Gasteiger partial charge on any atom is 0.215 e. The molecule has 1 aromatic carbocycles. The summed E-state index contributed by atoms with van der Waals surface area (Å²) in [4.78, 5) is 0. The first kappa shape index (κ1) is 16.1. The second-order valence-electron chi connectivity index (χ2n) is 5.35. The van der Waals surface area contributed by atoms with Crippen LogP contribution in [0.3, 0.4) is 0 Å². The van der Waals surface area contributed by atoms with Gasteiger partial charge in [-0.15, -0.1) is 0 Å². The Labute approximate surface area is 130 Å². The predicted octanol–water partition coefficient (Wildman–Crippen LogP) is 3.99. The van der Waals surface area contributed by atoms with Crippen molar-refractivity contribution in [3.63, 3.8) is 0 Å². The lowest BCUT2D eigenvalue weighted by molar-refractivity contribution is 0.357. The zero-order valence-electron chi connectivity index (χ0n) is 11.2. The van der Waals surface area contributed by atoms with Gasteiger partial charge in [0.15, 0.2) is 0 Å². The molecule has 0 bridgehead atoms. The molecule has 0 aliphatic heterocycles. The maximum atomic E-state index is 12.1. The zero-order valence-corrected chi connectivity index (χ0v) is 13.6. The molecule has 0 amide bonds. The van der Waals surface area contributed by atoms with Gasteiger partial charge >= 0.3 is 0 Å². The third-order valence-electron chi connectivity index (χ3n) is 3.68. The van der Waals surface area contributed by atoms with Crippen LogP contribution in [0.25, 0.3) is 0 Å². The van der Waals surface area contributed by atoms with Crippen LogP contribution in [0.15, 0.2) is 18.2 Å². The van der Waals surface area contributed by atoms with Gasteiger partial charge in [-0.2, -0.15) is 0 Å². The molecule has 6 heteroatoms. The van der Waals surface area contributed by atoms with Gasteiger partial charge < -0.3 is 0 Å². The quantitative estimate of drug-likeness (QED) is 0.884. The topological polar surface area (TPSA) is 46.2 Å². The van der Waals surface area contributed by atoms with Gasteiger partial charge in [-0.3, -0.25) is 0 Å². The van der Waals surface area contributed by atoms with Crippen LogP contribution in [0.4, 0.5) is 0 Å². The second kappa shape index (κ2) is 7.12. The first-order chi connectivity index (χ1) is 9.46. The molecule has 20 heavy (non-hydrogen) atoms. The Morgan fingerprint density at radius 2 is 1.85 bits per heavy atom. The predicted molar refractivity (Wildman–Crippen MR) is 83.7 cm³/mol. The van der Waals surface area contributed by atoms with Gasteiger partial charge in [-0.1, -0.05) is 48.5 Å². The molecule has 0 aromatic heterocycles. The molecule has 1 N–H and O–H groups in total. The number of nitrogens with one attached hydrogen (secondary N) is 1. The highest BCUT2D eigenvalue weighted by atomic mass is 35.5. The number of benzene rings is 1. The fraction of sp³-hybridized carbons (Fsp3) is 0.571. The van der Waals surface area contributed by atoms with Crippen molar-refractivity contribution in [3.05, 3.63) is 33.8 Å². The summed E-state index contributed by atoms with van der Waals surface area (Å²) in [6.45, 7) is 0.535. The Balaban J connectivity index is 1.93. The molecule has 3 nitrogen and oxygen atoms in total. The standard InChI is InChI=1S/C14H19Cl2NO2S/c15-13-7-6-12(14(16)8-13)10-20(18,19)17-9-11-4-2-1-3-5-11/h6-8,11,17H,1-5,9-10H2. The average molecular weight is 336 g/mol. The van der Waals surface area contributed by atoms with Crippen molar-refractivity contribution in [3.8, 4) is 0 Å². The van der Waals surface area contributed by atoms with E-state index in [-0.39, 0.29) is 5.75 Å². The Morgan fingerprint density at radius 1 is 1.15 bits per heavy atom. The molecule has 0 radical (unpaired) electrons. The minimum atomic E-state index is -3.35. The molecule has 1 aliphatic rings. The highest BCUT2D eigenvalue weighted by Gasteiger charge is 2.18. The summed E-state index contributed by atoms with van der Waals surface area (Å²) in [5, 5.41) is 0.895. The van der Waals surface area contributed by atoms with Crippen molar-refractivity contribution in [1.82, 2.24) is 4.72 Å². The Kier molecular flexibility index (Phi) is 5.73. The molecule has 1 fully saturated rings. The first-order valence-corrected chi connectivity index (χ1v) is 9.28. The first-order valence-electron chi connectivity index (χ1n) is 6.87. The Hall–Kier alpha value is -0.290. The van der Waals surface area contributed by atoms with E-state index in [1.54, 1.807) is 18.2 Å². The molecule has 0 atom stereocenters. The third kappa shape index (κ3) is 4.92. The van der Waals surface area contributed by atoms with Crippen molar-refractivity contribution in [2.24, 2.45) is 5.92 Å². The third-order valence-corrected chi connectivity index (χ3v) is 5.56. The molecule has 0 saturated heterocycles. The number of halogens is 2. The van der Waals surface area contributed by atoms with Crippen LogP contribution in [-0.4, -0.2) is 15.0 Å². The van der Waals surface area contributed by atoms with E-state index >= 15 is 0 Å². The van der Waals surface area contributed by atoms with Crippen molar-refractivity contribution in [2.75, 3.05) is 6.54 Å². The normalized spacial score (nSPS) is 17.3. The van der Waals surface area contributed by atoms with Crippen LogP contribution in [-0.2, 0) is 15.8 Å². The van der Waals surface area contributed by atoms with E-state index in [0.717, 1.165) is 12.8 Å². The highest BCUT2D eigenvalue weighted by molar-refractivity contribution is 7.88. The molecule has 0 spiro atoms. The summed E-state index contributed by atoms with van der Waals surface area (Å²) in [5.74, 6) is 0.370. The largest absolute Gasteiger partial charge is 0.215 e. The lowest BCUT2D eigenvalue weighted by Crippen LogP contribution is -2.31. The second-order valence-corrected chi connectivity index (χ2v) is 8.00. The lowest BCUT2D eigenvalue weighted by Gasteiger charge is -2.21. The smallest absolute Gasteiger partial charge is 0.215 e. The van der Waals surface area contributed by atoms with Crippen molar-refractivity contribution >= 4 is 33.2 Å². The van der Waals surface area contributed by atoms with Crippen molar-refractivity contribution in [2.45, 2.75) is 37.9 Å². The van der Waals surface area contributed by atoms with Gasteiger partial charge in [0.2, 0.25) is 10.0 Å². The molecule has 0 heterocycles. The summed E-state index contributed by atoms with van der Waals surface area (Å²) < 4.78 is 26.9. The van der Waals surface area contributed by atoms with E-state index in [9.17, 15) is 8.42 Å². The molecule has 2 rings (SSSR count). The molecule has 1 aliphatic carbocycles. The van der Waals surface area contributed by atoms with Crippen LogP contribution in [0.5, 0.6) is 0 Å². The minimum absolute atomic E-state index is 0.101. The van der Waals surface area contributed by atoms with E-state index in [0.29, 0.717) is 28.1 Å². The average Bonchev–Trinajstić information content (AvgIpc) is 2.41. The van der Waals surface area contributed by atoms with Gasteiger partial charge in [-0.05, 0) is 36.5 Å². The summed E-state index contributed by atoms with van der Waals surface area (Å²) in [6, 6.07) is 4.87. The van der Waals surface area contributed by atoms with Gasteiger partial charge in [0.05, 0.1) is 5.75 Å². The Morgan fingerprint density at radius 3 is 2.50 bits per heavy atom. The van der Waals surface area contributed by atoms with Crippen LogP contribution in [0, 0.1) is 5.92 Å². The minimum Gasteiger partial charge on any atom is -0.215 e. The van der Waals surface area contributed by atoms with Crippen LogP contribution < -0.4 is 4.72 Å². The maximum absolute atomic E-state index is 12.1. The van der Waals surface area contributed by atoms with Crippen molar-refractivity contribution in [1.29, 1.82) is 0 Å². The van der Waals surface area contributed by atoms with E-state index in [2.05, 4.69) is 4.72 Å². The monoisotopic (exact) mass is 335 g/mol. The molecule has 1 saturated carbocycles. The van der Waals surface area contributed by atoms with Crippen LogP contribution >= 0.6 is 23.2 Å². The van der Waals surface area contributed by atoms with Gasteiger partial charge in [0.25, 0.3) is 0 Å². The molecule has 112 valence electrons. The van der Waals surface area contributed by atoms with Crippen molar-refractivity contribution < 1.29 is 8.42 Å². The van der Waals surface area contributed by atoms with Gasteiger partial charge in [0.1, 0.15) is 0 Å². The number of sulfonamides is 1. The highest BCUT2D eigenvalue weighted by Crippen LogP contribution is 2.24. The fourth-order valence-electron chi connectivity index (χ4n) is 2.53. The SMILES string of the molecule is O=S(=O)(Cc1ccc(Cl)cc1Cl)NCC1CCCCC1. The van der Waals surface area contributed by atoms with Crippen LogP contribution in [0.1, 0.15) is 37.7 Å². The summed E-state index contributed by atoms with van der Waals surface area (Å²) in [5.41, 5.74) is 0.576. The van der Waals surface area contributed by atoms with E-state index in [1.807, 2.05) is 0 Å².